The fourth-order valence-corrected chi connectivity index (χ4v) is 9.46. The summed E-state index contributed by atoms with van der Waals surface area (Å²) in [4.78, 5) is 0. The Morgan fingerprint density at radius 2 is 1.52 bits per heavy atom. The Labute approximate surface area is 193 Å². The van der Waals surface area contributed by atoms with E-state index in [1.54, 1.807) is 0 Å². The van der Waals surface area contributed by atoms with Crippen molar-refractivity contribution in [2.24, 2.45) is 51.8 Å². The number of fused-ring (bicyclic) bond motifs is 5. The fourth-order valence-electron chi connectivity index (χ4n) is 9.46. The molecule has 0 aromatic carbocycles. The third-order valence-electron chi connectivity index (χ3n) is 11.6. The van der Waals surface area contributed by atoms with Gasteiger partial charge in [-0.1, -0.05) is 41.5 Å². The van der Waals surface area contributed by atoms with Gasteiger partial charge in [0.05, 0.1) is 11.7 Å². The molecule has 0 heterocycles. The van der Waals surface area contributed by atoms with Crippen LogP contribution in [0.15, 0.2) is 0 Å². The molecule has 180 valence electrons. The second-order valence-corrected chi connectivity index (χ2v) is 14.5. The van der Waals surface area contributed by atoms with Crippen LogP contribution >= 0.6 is 0 Å². The van der Waals surface area contributed by atoms with E-state index in [1.807, 2.05) is 0 Å². The molecule has 2 nitrogen and oxygen atoms in total. The van der Waals surface area contributed by atoms with Crippen molar-refractivity contribution in [2.45, 2.75) is 131 Å². The zero-order chi connectivity index (χ0) is 22.8. The first-order valence-corrected chi connectivity index (χ1v) is 13.7. The van der Waals surface area contributed by atoms with Gasteiger partial charge in [0, 0.05) is 0 Å². The SMILES string of the molecule is C[C@H](CC[C@@H](O)C(C)(C)C)[C@H]1CC[C@H]2[C@@H]3CC[C@@H]4C[C@@](C)(O)CC[C@]4(C)[C@H]3CC[C@]12C. The summed E-state index contributed by atoms with van der Waals surface area (Å²) < 4.78 is 0. The van der Waals surface area contributed by atoms with Crippen LogP contribution in [0.4, 0.5) is 0 Å². The van der Waals surface area contributed by atoms with Crippen molar-refractivity contribution >= 4 is 0 Å². The first-order valence-electron chi connectivity index (χ1n) is 13.7. The molecular weight excluding hydrogens is 380 g/mol. The minimum Gasteiger partial charge on any atom is -0.393 e. The topological polar surface area (TPSA) is 40.5 Å². The second kappa shape index (κ2) is 8.00. The molecule has 0 aromatic rings. The molecule has 0 unspecified atom stereocenters. The molecule has 0 amide bonds. The van der Waals surface area contributed by atoms with Crippen LogP contribution in [-0.2, 0) is 0 Å². The van der Waals surface area contributed by atoms with Gasteiger partial charge >= 0.3 is 0 Å². The fraction of sp³-hybridized carbons (Fsp3) is 1.00. The first-order chi connectivity index (χ1) is 14.3. The molecule has 0 radical (unpaired) electrons. The standard InChI is InChI=1S/C29H52O2/c1-19(8-13-25(30)26(2,3)4)22-11-12-23-21-10-9-20-18-27(5,31)16-17-28(20,6)24(21)14-15-29(22,23)7/h19-25,30-31H,8-18H2,1-7H3/t19-,20-,21+,22-,23+,24+,25-,27+,28+,29-/m1/s1. The van der Waals surface area contributed by atoms with Crippen LogP contribution in [0.1, 0.15) is 119 Å². The van der Waals surface area contributed by atoms with Gasteiger partial charge < -0.3 is 10.2 Å². The molecule has 10 atom stereocenters. The Kier molecular flexibility index (Phi) is 6.21. The van der Waals surface area contributed by atoms with Crippen molar-refractivity contribution in [2.75, 3.05) is 0 Å². The normalized spacial score (nSPS) is 49.6. The highest BCUT2D eigenvalue weighted by atomic mass is 16.3. The van der Waals surface area contributed by atoms with Crippen molar-refractivity contribution in [1.29, 1.82) is 0 Å². The lowest BCUT2D eigenvalue weighted by molar-refractivity contribution is -0.148. The number of rotatable bonds is 4. The lowest BCUT2D eigenvalue weighted by Gasteiger charge is -2.62. The second-order valence-electron chi connectivity index (χ2n) is 14.5. The molecule has 4 saturated carbocycles. The summed E-state index contributed by atoms with van der Waals surface area (Å²) in [6.07, 6.45) is 13.6. The van der Waals surface area contributed by atoms with Crippen molar-refractivity contribution in [3.05, 3.63) is 0 Å². The van der Waals surface area contributed by atoms with Gasteiger partial charge in [-0.25, -0.2) is 0 Å². The van der Waals surface area contributed by atoms with E-state index in [2.05, 4.69) is 48.5 Å². The first kappa shape index (κ1) is 24.1. The third kappa shape index (κ3) is 4.16. The quantitative estimate of drug-likeness (QED) is 0.492. The Bertz CT molecular complexity index is 648. The Morgan fingerprint density at radius 1 is 0.839 bits per heavy atom. The molecule has 4 fully saturated rings. The van der Waals surface area contributed by atoms with Gasteiger partial charge in [-0.05, 0) is 129 Å². The van der Waals surface area contributed by atoms with Crippen LogP contribution in [0, 0.1) is 51.8 Å². The maximum absolute atomic E-state index is 10.7. The van der Waals surface area contributed by atoms with Crippen LogP contribution in [0.5, 0.6) is 0 Å². The van der Waals surface area contributed by atoms with Gasteiger partial charge in [-0.3, -0.25) is 0 Å². The molecule has 2 heteroatoms. The smallest absolute Gasteiger partial charge is 0.0622 e. The molecule has 0 bridgehead atoms. The summed E-state index contributed by atoms with van der Waals surface area (Å²) >= 11 is 0. The Hall–Kier alpha value is -0.0800. The van der Waals surface area contributed by atoms with Gasteiger partial charge in [0.2, 0.25) is 0 Å². The summed E-state index contributed by atoms with van der Waals surface area (Å²) in [5.74, 6) is 5.00. The van der Waals surface area contributed by atoms with Crippen molar-refractivity contribution in [3.8, 4) is 0 Å². The van der Waals surface area contributed by atoms with Crippen LogP contribution in [-0.4, -0.2) is 21.9 Å². The third-order valence-corrected chi connectivity index (χ3v) is 11.6. The predicted octanol–water partition coefficient (Wildman–Crippen LogP) is 7.22. The summed E-state index contributed by atoms with van der Waals surface area (Å²) in [6, 6.07) is 0. The summed E-state index contributed by atoms with van der Waals surface area (Å²) in [5.41, 5.74) is 0.550. The minimum atomic E-state index is -0.425. The van der Waals surface area contributed by atoms with Crippen LogP contribution in [0.3, 0.4) is 0 Å². The maximum Gasteiger partial charge on any atom is 0.0622 e. The van der Waals surface area contributed by atoms with Gasteiger partial charge in [0.1, 0.15) is 0 Å². The molecule has 4 aliphatic rings. The zero-order valence-corrected chi connectivity index (χ0v) is 21.7. The van der Waals surface area contributed by atoms with Crippen molar-refractivity contribution < 1.29 is 10.2 Å². The molecular formula is C29H52O2. The van der Waals surface area contributed by atoms with E-state index in [0.29, 0.717) is 10.8 Å². The van der Waals surface area contributed by atoms with E-state index >= 15 is 0 Å². The van der Waals surface area contributed by atoms with E-state index in [1.165, 1.54) is 51.4 Å². The van der Waals surface area contributed by atoms with Gasteiger partial charge in [-0.2, -0.15) is 0 Å². The monoisotopic (exact) mass is 432 g/mol. The van der Waals surface area contributed by atoms with Crippen LogP contribution in [0.2, 0.25) is 0 Å². The van der Waals surface area contributed by atoms with Crippen LogP contribution < -0.4 is 0 Å². The molecule has 31 heavy (non-hydrogen) atoms. The Morgan fingerprint density at radius 3 is 2.19 bits per heavy atom. The predicted molar refractivity (Wildman–Crippen MR) is 130 cm³/mol. The van der Waals surface area contributed by atoms with E-state index in [0.717, 1.165) is 54.8 Å². The van der Waals surface area contributed by atoms with E-state index < -0.39 is 5.60 Å². The molecule has 0 saturated heterocycles. The molecule has 2 N–H and O–H groups in total. The lowest BCUT2D eigenvalue weighted by atomic mass is 9.43. The van der Waals surface area contributed by atoms with E-state index in [9.17, 15) is 10.2 Å². The number of hydrogen-bond donors (Lipinski definition) is 2. The van der Waals surface area contributed by atoms with Crippen molar-refractivity contribution in [3.63, 3.8) is 0 Å². The highest BCUT2D eigenvalue weighted by molar-refractivity contribution is 5.10. The van der Waals surface area contributed by atoms with E-state index in [-0.39, 0.29) is 11.5 Å². The van der Waals surface area contributed by atoms with Crippen LogP contribution in [0.25, 0.3) is 0 Å². The average molecular weight is 433 g/mol. The number of aliphatic hydroxyl groups excluding tert-OH is 1. The molecule has 0 spiro atoms. The summed E-state index contributed by atoms with van der Waals surface area (Å²) in [7, 11) is 0. The van der Waals surface area contributed by atoms with Gasteiger partial charge in [0.15, 0.2) is 0 Å². The largest absolute Gasteiger partial charge is 0.393 e. The van der Waals surface area contributed by atoms with Gasteiger partial charge in [-0.15, -0.1) is 0 Å². The summed E-state index contributed by atoms with van der Waals surface area (Å²) in [6.45, 7) is 16.3. The van der Waals surface area contributed by atoms with Gasteiger partial charge in [0.25, 0.3) is 0 Å². The molecule has 0 aliphatic heterocycles. The average Bonchev–Trinajstić information content (AvgIpc) is 3.02. The number of hydrogen-bond acceptors (Lipinski definition) is 2. The highest BCUT2D eigenvalue weighted by Crippen LogP contribution is 2.68. The molecule has 4 aliphatic carbocycles. The molecule has 4 rings (SSSR count). The molecule has 0 aromatic heterocycles. The van der Waals surface area contributed by atoms with Crippen molar-refractivity contribution in [1.82, 2.24) is 0 Å². The highest BCUT2D eigenvalue weighted by Gasteiger charge is 2.61. The van der Waals surface area contributed by atoms with E-state index in [4.69, 9.17) is 0 Å². The summed E-state index contributed by atoms with van der Waals surface area (Å²) in [5, 5.41) is 21.3. The minimum absolute atomic E-state index is 0.00137. The lowest BCUT2D eigenvalue weighted by Crippen LogP contribution is -2.55. The number of aliphatic hydroxyl groups is 2. The Balaban J connectivity index is 1.45. The zero-order valence-electron chi connectivity index (χ0n) is 21.7. The maximum atomic E-state index is 10.7.